The van der Waals surface area contributed by atoms with Crippen LogP contribution in [-0.2, 0) is 14.3 Å². The van der Waals surface area contributed by atoms with E-state index in [9.17, 15) is 14.9 Å². The van der Waals surface area contributed by atoms with Crippen molar-refractivity contribution in [3.63, 3.8) is 0 Å². The SMILES string of the molecule is CO[C@@H]1CC[C@H]2CCN(C)C(=O)C[C@H](c3ccccc3)CN(C)C(=O)c3cc(C#N)ccc3OC[C@H]1O2. The Morgan fingerprint density at radius 3 is 2.54 bits per heavy atom. The van der Waals surface area contributed by atoms with Gasteiger partial charge in [0.05, 0.1) is 29.4 Å². The van der Waals surface area contributed by atoms with Crippen molar-refractivity contribution in [1.82, 2.24) is 9.80 Å². The zero-order valence-corrected chi connectivity index (χ0v) is 21.8. The van der Waals surface area contributed by atoms with Crippen LogP contribution in [0.1, 0.15) is 53.1 Å². The molecule has 1 saturated heterocycles. The molecular weight excluding hydrogens is 470 g/mol. The van der Waals surface area contributed by atoms with Gasteiger partial charge in [0, 0.05) is 46.6 Å². The Morgan fingerprint density at radius 1 is 1.03 bits per heavy atom. The summed E-state index contributed by atoms with van der Waals surface area (Å²) in [5, 5.41) is 9.46. The highest BCUT2D eigenvalue weighted by Crippen LogP contribution is 2.29. The first kappa shape index (κ1) is 26.6. The third kappa shape index (κ3) is 6.48. The van der Waals surface area contributed by atoms with Gasteiger partial charge in [-0.1, -0.05) is 30.3 Å². The molecule has 196 valence electrons. The minimum Gasteiger partial charge on any atom is -0.490 e. The number of nitrogens with zero attached hydrogens (tertiary/aromatic N) is 3. The van der Waals surface area contributed by atoms with Crippen LogP contribution in [0.15, 0.2) is 48.5 Å². The number of hydrogen-bond acceptors (Lipinski definition) is 6. The van der Waals surface area contributed by atoms with Crippen molar-refractivity contribution in [2.75, 3.05) is 40.9 Å². The number of ether oxygens (including phenoxy) is 3. The number of rotatable bonds is 2. The summed E-state index contributed by atoms with van der Waals surface area (Å²) < 4.78 is 18.1. The van der Waals surface area contributed by atoms with Crippen molar-refractivity contribution in [3.8, 4) is 11.8 Å². The van der Waals surface area contributed by atoms with E-state index in [-0.39, 0.29) is 49.1 Å². The van der Waals surface area contributed by atoms with E-state index in [0.29, 0.717) is 30.0 Å². The zero-order valence-electron chi connectivity index (χ0n) is 21.8. The number of benzene rings is 2. The maximum absolute atomic E-state index is 13.6. The van der Waals surface area contributed by atoms with Crippen LogP contribution in [0.3, 0.4) is 0 Å². The molecule has 8 nitrogen and oxygen atoms in total. The predicted molar refractivity (Wildman–Crippen MR) is 138 cm³/mol. The third-order valence-corrected chi connectivity index (χ3v) is 7.35. The molecule has 2 amide bonds. The summed E-state index contributed by atoms with van der Waals surface area (Å²) in [5.41, 5.74) is 1.68. The van der Waals surface area contributed by atoms with Crippen molar-refractivity contribution >= 4 is 11.8 Å². The quantitative estimate of drug-likeness (QED) is 0.619. The van der Waals surface area contributed by atoms with Crippen molar-refractivity contribution < 1.29 is 23.8 Å². The number of likely N-dealkylation sites (N-methyl/N-ethyl adjacent to an activating group) is 1. The maximum Gasteiger partial charge on any atom is 0.257 e. The number of nitriles is 1. The molecule has 1 fully saturated rings. The van der Waals surface area contributed by atoms with Crippen molar-refractivity contribution in [3.05, 3.63) is 65.2 Å². The fourth-order valence-electron chi connectivity index (χ4n) is 5.09. The molecule has 37 heavy (non-hydrogen) atoms. The van der Waals surface area contributed by atoms with Crippen LogP contribution < -0.4 is 4.74 Å². The monoisotopic (exact) mass is 505 g/mol. The van der Waals surface area contributed by atoms with Gasteiger partial charge in [-0.25, -0.2) is 0 Å². The number of methoxy groups -OCH3 is 1. The predicted octanol–water partition coefficient (Wildman–Crippen LogP) is 3.61. The molecule has 4 rings (SSSR count). The molecule has 2 aliphatic rings. The summed E-state index contributed by atoms with van der Waals surface area (Å²) in [6, 6.07) is 16.8. The highest BCUT2D eigenvalue weighted by Gasteiger charge is 2.33. The van der Waals surface area contributed by atoms with Crippen LogP contribution in [0.5, 0.6) is 5.75 Å². The van der Waals surface area contributed by atoms with Gasteiger partial charge in [-0.05, 0) is 43.0 Å². The second kappa shape index (κ2) is 12.2. The molecule has 2 aromatic rings. The number of hydrogen-bond donors (Lipinski definition) is 0. The Morgan fingerprint density at radius 2 is 1.81 bits per heavy atom. The van der Waals surface area contributed by atoms with Gasteiger partial charge < -0.3 is 24.0 Å². The van der Waals surface area contributed by atoms with Gasteiger partial charge in [0.15, 0.2) is 0 Å². The number of carbonyl (C=O) groups is 2. The molecule has 2 bridgehead atoms. The van der Waals surface area contributed by atoms with E-state index < -0.39 is 0 Å². The number of carbonyl (C=O) groups excluding carboxylic acids is 2. The van der Waals surface area contributed by atoms with Crippen LogP contribution in [0.25, 0.3) is 0 Å². The highest BCUT2D eigenvalue weighted by atomic mass is 16.6. The van der Waals surface area contributed by atoms with Crippen LogP contribution in [0.4, 0.5) is 0 Å². The Labute approximate surface area is 218 Å². The van der Waals surface area contributed by atoms with E-state index in [2.05, 4.69) is 6.07 Å². The van der Waals surface area contributed by atoms with E-state index in [4.69, 9.17) is 14.2 Å². The average Bonchev–Trinajstić information content (AvgIpc) is 2.93. The number of amides is 2. The summed E-state index contributed by atoms with van der Waals surface area (Å²) in [5.74, 6) is -0.0269. The molecule has 0 saturated carbocycles. The third-order valence-electron chi connectivity index (χ3n) is 7.35. The fraction of sp³-hybridized carbons (Fsp3) is 0.483. The van der Waals surface area contributed by atoms with E-state index in [1.165, 1.54) is 0 Å². The standard InChI is InChI=1S/C29H35N3O5/c1-31-14-13-23-10-12-26(35-3)27(37-23)19-36-25-11-9-20(17-30)15-24(25)29(34)32(2)18-22(16-28(31)33)21-7-5-4-6-8-21/h4-9,11,15,22-23,26-27H,10,12-14,16,18-19H2,1-3H3/t22-,23-,26+,27+/m0/s1. The van der Waals surface area contributed by atoms with E-state index in [0.717, 1.165) is 24.8 Å². The Hall–Kier alpha value is -3.41. The van der Waals surface area contributed by atoms with E-state index in [1.807, 2.05) is 37.4 Å². The van der Waals surface area contributed by atoms with Crippen LogP contribution >= 0.6 is 0 Å². The topological polar surface area (TPSA) is 92.1 Å². The lowest BCUT2D eigenvalue weighted by atomic mass is 9.94. The fourth-order valence-corrected chi connectivity index (χ4v) is 5.09. The Kier molecular flexibility index (Phi) is 8.80. The van der Waals surface area contributed by atoms with Crippen molar-refractivity contribution in [1.29, 1.82) is 5.26 Å². The first-order valence-electron chi connectivity index (χ1n) is 12.8. The second-order valence-electron chi connectivity index (χ2n) is 9.88. The molecule has 0 radical (unpaired) electrons. The van der Waals surface area contributed by atoms with Gasteiger partial charge >= 0.3 is 0 Å². The molecule has 0 aliphatic carbocycles. The van der Waals surface area contributed by atoms with Gasteiger partial charge in [-0.15, -0.1) is 0 Å². The summed E-state index contributed by atoms with van der Waals surface area (Å²) in [7, 11) is 5.20. The molecule has 2 aliphatic heterocycles. The molecule has 4 atom stereocenters. The van der Waals surface area contributed by atoms with E-state index >= 15 is 0 Å². The minimum atomic E-state index is -0.309. The molecular formula is C29H35N3O5. The van der Waals surface area contributed by atoms with Gasteiger partial charge in [0.2, 0.25) is 5.91 Å². The summed E-state index contributed by atoms with van der Waals surface area (Å²) in [4.78, 5) is 30.2. The van der Waals surface area contributed by atoms with Gasteiger partial charge in [0.1, 0.15) is 18.5 Å². The molecule has 0 spiro atoms. The Bertz CT molecular complexity index is 1130. The number of fused-ring (bicyclic) bond motifs is 3. The summed E-state index contributed by atoms with van der Waals surface area (Å²) in [6.07, 6.45) is 2.23. The normalized spacial score (nSPS) is 25.7. The molecule has 0 N–H and O–H groups in total. The van der Waals surface area contributed by atoms with Crippen LogP contribution in [0.2, 0.25) is 0 Å². The van der Waals surface area contributed by atoms with Crippen molar-refractivity contribution in [2.45, 2.75) is 49.9 Å². The van der Waals surface area contributed by atoms with Crippen molar-refractivity contribution in [2.24, 2.45) is 0 Å². The smallest absolute Gasteiger partial charge is 0.257 e. The van der Waals surface area contributed by atoms with Gasteiger partial charge in [0.25, 0.3) is 5.91 Å². The molecule has 0 unspecified atom stereocenters. The molecule has 2 heterocycles. The molecule has 2 aromatic carbocycles. The van der Waals surface area contributed by atoms with Gasteiger partial charge in [-0.2, -0.15) is 5.26 Å². The summed E-state index contributed by atoms with van der Waals surface area (Å²) >= 11 is 0. The highest BCUT2D eigenvalue weighted by molar-refractivity contribution is 5.97. The first-order valence-corrected chi connectivity index (χ1v) is 12.8. The van der Waals surface area contributed by atoms with Crippen LogP contribution in [0, 0.1) is 11.3 Å². The first-order chi connectivity index (χ1) is 17.9. The van der Waals surface area contributed by atoms with E-state index in [1.54, 1.807) is 42.2 Å². The van der Waals surface area contributed by atoms with Gasteiger partial charge in [-0.3, -0.25) is 9.59 Å². The lowest BCUT2D eigenvalue weighted by Gasteiger charge is -2.36. The molecule has 8 heteroatoms. The largest absolute Gasteiger partial charge is 0.490 e. The second-order valence-corrected chi connectivity index (χ2v) is 9.88. The summed E-state index contributed by atoms with van der Waals surface area (Å²) in [6.45, 7) is 1.15. The zero-order chi connectivity index (χ0) is 26.4. The minimum absolute atomic E-state index is 0.0127. The molecule has 0 aromatic heterocycles. The lowest BCUT2D eigenvalue weighted by molar-refractivity contribution is -0.145. The maximum atomic E-state index is 13.6. The average molecular weight is 506 g/mol. The Balaban J connectivity index is 1.68. The van der Waals surface area contributed by atoms with Crippen LogP contribution in [-0.4, -0.2) is 80.8 Å². The lowest BCUT2D eigenvalue weighted by Crippen LogP contribution is -2.44.